The molecule has 0 N–H and O–H groups in total. The van der Waals surface area contributed by atoms with Gasteiger partial charge in [0.05, 0.1) is 13.2 Å². The first kappa shape index (κ1) is 15.2. The topological polar surface area (TPSA) is 52.8 Å². The molecule has 2 saturated heterocycles. The van der Waals surface area contributed by atoms with Crippen LogP contribution in [0.15, 0.2) is 0 Å². The van der Waals surface area contributed by atoms with Gasteiger partial charge in [-0.25, -0.2) is 0 Å². The molecule has 2 aliphatic heterocycles. The van der Waals surface area contributed by atoms with Crippen molar-refractivity contribution in [1.29, 1.82) is 0 Å². The highest BCUT2D eigenvalue weighted by molar-refractivity contribution is 4.95. The zero-order valence-corrected chi connectivity index (χ0v) is 12.4. The molecule has 19 heavy (non-hydrogen) atoms. The Labute approximate surface area is 115 Å². The van der Waals surface area contributed by atoms with Crippen LogP contribution in [0.2, 0.25) is 0 Å². The van der Waals surface area contributed by atoms with Crippen molar-refractivity contribution in [2.45, 2.75) is 64.3 Å². The summed E-state index contributed by atoms with van der Waals surface area (Å²) in [5.41, 5.74) is 0. The maximum atomic E-state index is 6.36. The van der Waals surface area contributed by atoms with E-state index in [1.807, 2.05) is 13.8 Å². The lowest BCUT2D eigenvalue weighted by Crippen LogP contribution is -2.53. The second-order valence-electron chi connectivity index (χ2n) is 4.94. The molecule has 0 aromatic heterocycles. The van der Waals surface area contributed by atoms with E-state index in [1.54, 1.807) is 0 Å². The Morgan fingerprint density at radius 3 is 1.42 bits per heavy atom. The highest BCUT2D eigenvalue weighted by Gasteiger charge is 2.57. The first-order valence-electron chi connectivity index (χ1n) is 7.37. The van der Waals surface area contributed by atoms with E-state index in [1.165, 1.54) is 0 Å². The normalized spacial score (nSPS) is 31.6. The van der Waals surface area contributed by atoms with Crippen LogP contribution in [0, 0.1) is 0 Å². The summed E-state index contributed by atoms with van der Waals surface area (Å²) >= 11 is 0. The van der Waals surface area contributed by atoms with Gasteiger partial charge in [0.1, 0.15) is 12.2 Å². The van der Waals surface area contributed by atoms with Crippen molar-refractivity contribution in [3.05, 3.63) is 0 Å². The second-order valence-corrected chi connectivity index (χ2v) is 4.94. The van der Waals surface area contributed by atoms with Gasteiger partial charge >= 0.3 is 0 Å². The van der Waals surface area contributed by atoms with Crippen molar-refractivity contribution >= 4 is 0 Å². The van der Waals surface area contributed by atoms with Crippen LogP contribution in [0.1, 0.15) is 40.5 Å². The van der Waals surface area contributed by atoms with E-state index in [0.29, 0.717) is 26.4 Å². The van der Waals surface area contributed by atoms with Gasteiger partial charge in [-0.15, -0.1) is 0 Å². The van der Waals surface area contributed by atoms with Crippen LogP contribution >= 0.6 is 0 Å². The molecule has 0 spiro atoms. The van der Waals surface area contributed by atoms with Crippen LogP contribution in [-0.4, -0.2) is 50.2 Å². The Morgan fingerprint density at radius 1 is 0.842 bits per heavy atom. The van der Waals surface area contributed by atoms with Crippen LogP contribution in [0.3, 0.4) is 0 Å². The molecule has 4 atom stereocenters. The van der Waals surface area contributed by atoms with Crippen LogP contribution in [0.4, 0.5) is 0 Å². The molecule has 112 valence electrons. The molecule has 2 rings (SSSR count). The molecule has 0 saturated carbocycles. The van der Waals surface area contributed by atoms with Crippen LogP contribution < -0.4 is 0 Å². The van der Waals surface area contributed by atoms with Gasteiger partial charge in [-0.05, 0) is 13.8 Å². The van der Waals surface area contributed by atoms with Crippen molar-refractivity contribution in [3.8, 4) is 0 Å². The molecular formula is C14H26O5. The van der Waals surface area contributed by atoms with E-state index in [2.05, 4.69) is 13.8 Å². The van der Waals surface area contributed by atoms with Gasteiger partial charge in [0.15, 0.2) is 11.6 Å². The fourth-order valence-corrected chi connectivity index (χ4v) is 2.57. The molecule has 0 aromatic carbocycles. The van der Waals surface area contributed by atoms with Gasteiger partial charge in [0.2, 0.25) is 0 Å². The van der Waals surface area contributed by atoms with Crippen molar-refractivity contribution in [2.24, 2.45) is 0 Å². The standard InChI is InChI=1S/C14H26O5/c1-5-13(17-7-3,11-9-15-11)19-14(6-2,18-8-4)12-10-16-12/h11-12H,5-10H2,1-4H3. The number of rotatable bonds is 10. The molecule has 2 aliphatic rings. The Balaban J connectivity index is 2.16. The lowest BCUT2D eigenvalue weighted by atomic mass is 10.1. The maximum absolute atomic E-state index is 6.36. The first-order chi connectivity index (χ1) is 9.16. The summed E-state index contributed by atoms with van der Waals surface area (Å²) in [7, 11) is 0. The zero-order chi connectivity index (χ0) is 13.9. The summed E-state index contributed by atoms with van der Waals surface area (Å²) in [4.78, 5) is 0. The van der Waals surface area contributed by atoms with Gasteiger partial charge < -0.3 is 23.7 Å². The molecule has 5 heteroatoms. The fourth-order valence-electron chi connectivity index (χ4n) is 2.57. The van der Waals surface area contributed by atoms with Gasteiger partial charge in [0.25, 0.3) is 0 Å². The molecule has 5 nitrogen and oxygen atoms in total. The average Bonchev–Trinajstić information content (AvgIpc) is 3.29. The predicted octanol–water partition coefficient (Wildman–Crippen LogP) is 2.09. The number of hydrogen-bond donors (Lipinski definition) is 0. The molecule has 0 amide bonds. The largest absolute Gasteiger partial charge is 0.367 e. The summed E-state index contributed by atoms with van der Waals surface area (Å²) in [6.07, 6.45) is 1.46. The van der Waals surface area contributed by atoms with E-state index >= 15 is 0 Å². The molecular weight excluding hydrogens is 248 g/mol. The molecule has 0 bridgehead atoms. The third-order valence-corrected chi connectivity index (χ3v) is 3.76. The van der Waals surface area contributed by atoms with Gasteiger partial charge in [-0.1, -0.05) is 13.8 Å². The second kappa shape index (κ2) is 6.06. The lowest BCUT2D eigenvalue weighted by molar-refractivity contribution is -0.370. The Morgan fingerprint density at radius 2 is 1.21 bits per heavy atom. The summed E-state index contributed by atoms with van der Waals surface area (Å²) < 4.78 is 29.0. The van der Waals surface area contributed by atoms with Crippen molar-refractivity contribution in [2.75, 3.05) is 26.4 Å². The van der Waals surface area contributed by atoms with Crippen LogP contribution in [0.25, 0.3) is 0 Å². The minimum absolute atomic E-state index is 0.00239. The third kappa shape index (κ3) is 3.11. The zero-order valence-electron chi connectivity index (χ0n) is 12.4. The fraction of sp³-hybridized carbons (Fsp3) is 1.00. The highest BCUT2D eigenvalue weighted by Crippen LogP contribution is 2.42. The minimum Gasteiger partial charge on any atom is -0.367 e. The van der Waals surface area contributed by atoms with E-state index in [0.717, 1.165) is 12.8 Å². The predicted molar refractivity (Wildman–Crippen MR) is 69.9 cm³/mol. The first-order valence-corrected chi connectivity index (χ1v) is 7.37. The molecule has 0 radical (unpaired) electrons. The number of hydrogen-bond acceptors (Lipinski definition) is 5. The minimum atomic E-state index is -0.716. The molecule has 4 unspecified atom stereocenters. The molecule has 2 heterocycles. The monoisotopic (exact) mass is 274 g/mol. The molecule has 0 aliphatic carbocycles. The Kier molecular flexibility index (Phi) is 4.84. The van der Waals surface area contributed by atoms with Crippen molar-refractivity contribution < 1.29 is 23.7 Å². The highest BCUT2D eigenvalue weighted by atomic mass is 16.8. The Hall–Kier alpha value is -0.200. The van der Waals surface area contributed by atoms with Crippen LogP contribution in [0.5, 0.6) is 0 Å². The Bertz CT molecular complexity index is 262. The number of ether oxygens (including phenoxy) is 5. The van der Waals surface area contributed by atoms with Gasteiger partial charge in [-0.2, -0.15) is 0 Å². The van der Waals surface area contributed by atoms with E-state index in [-0.39, 0.29) is 12.2 Å². The van der Waals surface area contributed by atoms with E-state index < -0.39 is 11.6 Å². The maximum Gasteiger partial charge on any atom is 0.199 e. The third-order valence-electron chi connectivity index (χ3n) is 3.76. The summed E-state index contributed by atoms with van der Waals surface area (Å²) in [6.45, 7) is 10.6. The molecule has 0 aromatic rings. The van der Waals surface area contributed by atoms with Gasteiger partial charge in [-0.3, -0.25) is 0 Å². The lowest BCUT2D eigenvalue weighted by Gasteiger charge is -2.41. The summed E-state index contributed by atoms with van der Waals surface area (Å²) in [5, 5.41) is 0. The summed E-state index contributed by atoms with van der Waals surface area (Å²) in [6, 6.07) is 0. The average molecular weight is 274 g/mol. The van der Waals surface area contributed by atoms with E-state index in [9.17, 15) is 0 Å². The van der Waals surface area contributed by atoms with Crippen molar-refractivity contribution in [3.63, 3.8) is 0 Å². The molecule has 2 fully saturated rings. The van der Waals surface area contributed by atoms with Gasteiger partial charge in [0, 0.05) is 26.1 Å². The smallest absolute Gasteiger partial charge is 0.199 e. The SMILES string of the molecule is CCOC(CC)(OC(CC)(OCC)C1CO1)C1CO1. The quantitative estimate of drug-likeness (QED) is 0.451. The van der Waals surface area contributed by atoms with E-state index in [4.69, 9.17) is 23.7 Å². The number of epoxide rings is 2. The summed E-state index contributed by atoms with van der Waals surface area (Å²) in [5.74, 6) is -1.43. The van der Waals surface area contributed by atoms with Crippen LogP contribution in [-0.2, 0) is 23.7 Å². The van der Waals surface area contributed by atoms with Crippen molar-refractivity contribution in [1.82, 2.24) is 0 Å².